The molecule has 3 amide bonds. The summed E-state index contributed by atoms with van der Waals surface area (Å²) >= 11 is 0. The Morgan fingerprint density at radius 2 is 1.96 bits per heavy atom. The Labute approximate surface area is 138 Å². The molecule has 0 bridgehead atoms. The van der Waals surface area contributed by atoms with Gasteiger partial charge in [0.05, 0.1) is 13.2 Å². The Kier molecular flexibility index (Phi) is 7.11. The molecule has 0 aromatic heterocycles. The molecule has 1 unspecified atom stereocenters. The van der Waals surface area contributed by atoms with Gasteiger partial charge in [0.1, 0.15) is 0 Å². The van der Waals surface area contributed by atoms with E-state index < -0.39 is 0 Å². The summed E-state index contributed by atoms with van der Waals surface area (Å²) in [4.78, 5) is 27.8. The van der Waals surface area contributed by atoms with Gasteiger partial charge in [-0.2, -0.15) is 0 Å². The average molecular weight is 327 g/mol. The van der Waals surface area contributed by atoms with Crippen molar-refractivity contribution < 1.29 is 19.1 Å². The third-order valence-electron chi connectivity index (χ3n) is 4.66. The maximum atomic E-state index is 12.0. The highest BCUT2D eigenvalue weighted by Crippen LogP contribution is 2.23. The predicted molar refractivity (Wildman–Crippen MR) is 86.1 cm³/mol. The third kappa shape index (κ3) is 5.35. The van der Waals surface area contributed by atoms with E-state index in [2.05, 4.69) is 5.32 Å². The second kappa shape index (κ2) is 9.08. The molecule has 0 saturated carbocycles. The standard InChI is InChI=1S/C16H29N3O4/c1-22-8-5-17-16(21)18-6-3-13(4-7-18)10-19-11-14(12-23-2)9-15(19)20/h13-14H,3-12H2,1-2H3,(H,17,21). The van der Waals surface area contributed by atoms with Crippen LogP contribution in [0.2, 0.25) is 0 Å². The lowest BCUT2D eigenvalue weighted by Gasteiger charge is -2.34. The van der Waals surface area contributed by atoms with Crippen molar-refractivity contribution in [3.05, 3.63) is 0 Å². The SMILES string of the molecule is COCCNC(=O)N1CCC(CN2CC(COC)CC2=O)CC1. The van der Waals surface area contributed by atoms with Crippen LogP contribution in [0, 0.1) is 11.8 Å². The van der Waals surface area contributed by atoms with Gasteiger partial charge in [-0.1, -0.05) is 0 Å². The number of carbonyl (C=O) groups excluding carboxylic acids is 2. The Morgan fingerprint density at radius 3 is 2.61 bits per heavy atom. The van der Waals surface area contributed by atoms with Gasteiger partial charge in [-0.3, -0.25) is 4.79 Å². The molecule has 132 valence electrons. The van der Waals surface area contributed by atoms with Crippen LogP contribution in [0.5, 0.6) is 0 Å². The molecule has 0 aromatic carbocycles. The van der Waals surface area contributed by atoms with Crippen molar-refractivity contribution in [1.82, 2.24) is 15.1 Å². The molecule has 2 saturated heterocycles. The first-order valence-corrected chi connectivity index (χ1v) is 8.42. The number of hydrogen-bond donors (Lipinski definition) is 1. The van der Waals surface area contributed by atoms with Crippen LogP contribution in [0.25, 0.3) is 0 Å². The fraction of sp³-hybridized carbons (Fsp3) is 0.875. The minimum Gasteiger partial charge on any atom is -0.384 e. The lowest BCUT2D eigenvalue weighted by atomic mass is 9.96. The largest absolute Gasteiger partial charge is 0.384 e. The first-order chi connectivity index (χ1) is 11.1. The molecule has 7 heteroatoms. The second-order valence-electron chi connectivity index (χ2n) is 6.48. The zero-order valence-electron chi connectivity index (χ0n) is 14.3. The third-order valence-corrected chi connectivity index (χ3v) is 4.66. The van der Waals surface area contributed by atoms with Crippen LogP contribution in [0.3, 0.4) is 0 Å². The normalized spacial score (nSPS) is 22.7. The number of nitrogens with zero attached hydrogens (tertiary/aromatic N) is 2. The molecule has 2 aliphatic heterocycles. The van der Waals surface area contributed by atoms with E-state index in [0.717, 1.165) is 39.0 Å². The monoisotopic (exact) mass is 327 g/mol. The van der Waals surface area contributed by atoms with E-state index in [-0.39, 0.29) is 11.9 Å². The summed E-state index contributed by atoms with van der Waals surface area (Å²) in [5.41, 5.74) is 0. The van der Waals surface area contributed by atoms with Crippen molar-refractivity contribution in [2.75, 3.05) is 60.2 Å². The van der Waals surface area contributed by atoms with Crippen LogP contribution in [0.15, 0.2) is 0 Å². The van der Waals surface area contributed by atoms with E-state index >= 15 is 0 Å². The molecular formula is C16H29N3O4. The van der Waals surface area contributed by atoms with E-state index in [1.54, 1.807) is 14.2 Å². The molecule has 2 rings (SSSR count). The summed E-state index contributed by atoms with van der Waals surface area (Å²) in [6, 6.07) is -0.0158. The topological polar surface area (TPSA) is 71.1 Å². The summed E-state index contributed by atoms with van der Waals surface area (Å²) < 4.78 is 10.1. The Bertz CT molecular complexity index is 397. The van der Waals surface area contributed by atoms with Crippen molar-refractivity contribution in [3.8, 4) is 0 Å². The number of methoxy groups -OCH3 is 2. The molecule has 1 atom stereocenters. The van der Waals surface area contributed by atoms with Gasteiger partial charge in [-0.05, 0) is 18.8 Å². The number of carbonyl (C=O) groups is 2. The fourth-order valence-corrected chi connectivity index (χ4v) is 3.38. The Hall–Kier alpha value is -1.34. The molecule has 1 N–H and O–H groups in total. The van der Waals surface area contributed by atoms with Gasteiger partial charge in [-0.25, -0.2) is 4.79 Å². The van der Waals surface area contributed by atoms with Crippen molar-refractivity contribution in [2.24, 2.45) is 11.8 Å². The first kappa shape index (κ1) is 18.0. The quantitative estimate of drug-likeness (QED) is 0.693. The smallest absolute Gasteiger partial charge is 0.317 e. The molecule has 0 aromatic rings. The lowest BCUT2D eigenvalue weighted by Crippen LogP contribution is -2.46. The van der Waals surface area contributed by atoms with Crippen LogP contribution in [0.4, 0.5) is 4.79 Å². The highest BCUT2D eigenvalue weighted by Gasteiger charge is 2.32. The number of likely N-dealkylation sites (tertiary alicyclic amines) is 2. The van der Waals surface area contributed by atoms with Crippen LogP contribution in [0.1, 0.15) is 19.3 Å². The molecule has 23 heavy (non-hydrogen) atoms. The number of amides is 3. The number of ether oxygens (including phenoxy) is 2. The minimum atomic E-state index is -0.0158. The molecule has 2 aliphatic rings. The number of rotatable bonds is 7. The van der Waals surface area contributed by atoms with Gasteiger partial charge < -0.3 is 24.6 Å². The van der Waals surface area contributed by atoms with Crippen LogP contribution >= 0.6 is 0 Å². The number of piperidine rings is 1. The Morgan fingerprint density at radius 1 is 1.22 bits per heavy atom. The first-order valence-electron chi connectivity index (χ1n) is 8.42. The Balaban J connectivity index is 1.68. The molecule has 0 aliphatic carbocycles. The van der Waals surface area contributed by atoms with E-state index in [0.29, 0.717) is 38.0 Å². The number of nitrogens with one attached hydrogen (secondary N) is 1. The fourth-order valence-electron chi connectivity index (χ4n) is 3.38. The van der Waals surface area contributed by atoms with Gasteiger partial charge in [0.2, 0.25) is 5.91 Å². The van der Waals surface area contributed by atoms with Gasteiger partial charge in [0, 0.05) is 59.3 Å². The zero-order chi connectivity index (χ0) is 16.7. The van der Waals surface area contributed by atoms with Crippen LogP contribution in [-0.4, -0.2) is 81.9 Å². The zero-order valence-corrected chi connectivity index (χ0v) is 14.3. The minimum absolute atomic E-state index is 0.0158. The second-order valence-corrected chi connectivity index (χ2v) is 6.48. The molecule has 2 fully saturated rings. The molecular weight excluding hydrogens is 298 g/mol. The number of hydrogen-bond acceptors (Lipinski definition) is 4. The van der Waals surface area contributed by atoms with Gasteiger partial charge in [0.25, 0.3) is 0 Å². The number of urea groups is 1. The van der Waals surface area contributed by atoms with Crippen molar-refractivity contribution in [2.45, 2.75) is 19.3 Å². The van der Waals surface area contributed by atoms with Gasteiger partial charge >= 0.3 is 6.03 Å². The van der Waals surface area contributed by atoms with Crippen LogP contribution in [-0.2, 0) is 14.3 Å². The maximum Gasteiger partial charge on any atom is 0.317 e. The van der Waals surface area contributed by atoms with E-state index in [4.69, 9.17) is 9.47 Å². The maximum absolute atomic E-state index is 12.0. The van der Waals surface area contributed by atoms with E-state index in [9.17, 15) is 9.59 Å². The summed E-state index contributed by atoms with van der Waals surface area (Å²) in [5, 5.41) is 2.85. The highest BCUT2D eigenvalue weighted by molar-refractivity contribution is 5.78. The summed E-state index contributed by atoms with van der Waals surface area (Å²) in [6.45, 7) is 4.87. The molecule has 0 spiro atoms. The summed E-state index contributed by atoms with van der Waals surface area (Å²) in [5.74, 6) is 1.06. The van der Waals surface area contributed by atoms with Gasteiger partial charge in [0.15, 0.2) is 0 Å². The summed E-state index contributed by atoms with van der Waals surface area (Å²) in [6.07, 6.45) is 2.52. The molecule has 2 heterocycles. The van der Waals surface area contributed by atoms with E-state index in [1.165, 1.54) is 0 Å². The predicted octanol–water partition coefficient (Wildman–Crippen LogP) is 0.549. The van der Waals surface area contributed by atoms with Gasteiger partial charge in [-0.15, -0.1) is 0 Å². The van der Waals surface area contributed by atoms with E-state index in [1.807, 2.05) is 9.80 Å². The molecule has 0 radical (unpaired) electrons. The van der Waals surface area contributed by atoms with Crippen molar-refractivity contribution in [3.63, 3.8) is 0 Å². The highest BCUT2D eigenvalue weighted by atomic mass is 16.5. The molecule has 7 nitrogen and oxygen atoms in total. The average Bonchev–Trinajstić information content (AvgIpc) is 2.88. The van der Waals surface area contributed by atoms with Crippen molar-refractivity contribution in [1.29, 1.82) is 0 Å². The lowest BCUT2D eigenvalue weighted by molar-refractivity contribution is -0.128. The van der Waals surface area contributed by atoms with Crippen LogP contribution < -0.4 is 5.32 Å². The summed E-state index contributed by atoms with van der Waals surface area (Å²) in [7, 11) is 3.30. The van der Waals surface area contributed by atoms with Crippen molar-refractivity contribution >= 4 is 11.9 Å².